The van der Waals surface area contributed by atoms with E-state index in [2.05, 4.69) is 20.5 Å². The molecule has 0 saturated heterocycles. The van der Waals surface area contributed by atoms with Gasteiger partial charge in [-0.3, -0.25) is 9.89 Å². The molecule has 1 heterocycles. The summed E-state index contributed by atoms with van der Waals surface area (Å²) >= 11 is 0. The van der Waals surface area contributed by atoms with Crippen LogP contribution in [-0.4, -0.2) is 21.1 Å². The maximum Gasteiger partial charge on any atom is 0.416 e. The Labute approximate surface area is 140 Å². The van der Waals surface area contributed by atoms with Gasteiger partial charge in [-0.05, 0) is 17.7 Å². The number of carbonyl (C=O) groups excluding carboxylic acids is 1. The first-order chi connectivity index (χ1) is 12.0. The molecule has 0 aliphatic rings. The molecule has 2 N–H and O–H groups in total. The van der Waals surface area contributed by atoms with E-state index in [9.17, 15) is 18.0 Å². The standard InChI is InChI=1S/C17H13F3N4O/c18-17(19,20)14-8-4-1-5-11(14)9-21-16(25)13-7-3-2-6-12(13)15-22-10-23-24-15/h1-8,10H,9H2,(H,21,25)(H,22,23,24). The molecular formula is C17H13F3N4O. The number of hydrogen-bond acceptors (Lipinski definition) is 3. The first kappa shape index (κ1) is 16.7. The lowest BCUT2D eigenvalue weighted by Crippen LogP contribution is -2.25. The van der Waals surface area contributed by atoms with Gasteiger partial charge in [0, 0.05) is 12.1 Å². The summed E-state index contributed by atoms with van der Waals surface area (Å²) in [6.07, 6.45) is -3.16. The zero-order valence-corrected chi connectivity index (χ0v) is 12.8. The van der Waals surface area contributed by atoms with Crippen molar-refractivity contribution in [3.63, 3.8) is 0 Å². The van der Waals surface area contributed by atoms with Crippen LogP contribution in [0.15, 0.2) is 54.9 Å². The fourth-order valence-corrected chi connectivity index (χ4v) is 2.44. The Morgan fingerprint density at radius 3 is 2.52 bits per heavy atom. The molecule has 1 amide bonds. The normalized spacial score (nSPS) is 11.3. The van der Waals surface area contributed by atoms with E-state index < -0.39 is 17.6 Å². The van der Waals surface area contributed by atoms with Crippen molar-refractivity contribution in [1.82, 2.24) is 20.5 Å². The molecular weight excluding hydrogens is 333 g/mol. The Morgan fingerprint density at radius 2 is 1.80 bits per heavy atom. The number of hydrogen-bond donors (Lipinski definition) is 2. The highest BCUT2D eigenvalue weighted by Crippen LogP contribution is 2.31. The molecule has 0 radical (unpaired) electrons. The lowest BCUT2D eigenvalue weighted by atomic mass is 10.0. The largest absolute Gasteiger partial charge is 0.416 e. The molecule has 3 aromatic rings. The Balaban J connectivity index is 1.82. The Kier molecular flexibility index (Phi) is 4.51. The van der Waals surface area contributed by atoms with Crippen molar-refractivity contribution in [2.45, 2.75) is 12.7 Å². The highest BCUT2D eigenvalue weighted by Gasteiger charge is 2.32. The fraction of sp³-hybridized carbons (Fsp3) is 0.118. The van der Waals surface area contributed by atoms with E-state index in [0.717, 1.165) is 6.07 Å². The predicted octanol–water partition coefficient (Wildman–Crippen LogP) is 3.42. The lowest BCUT2D eigenvalue weighted by Gasteiger charge is -2.14. The monoisotopic (exact) mass is 346 g/mol. The van der Waals surface area contributed by atoms with Gasteiger partial charge in [-0.1, -0.05) is 36.4 Å². The molecule has 5 nitrogen and oxygen atoms in total. The second-order valence-corrected chi connectivity index (χ2v) is 5.22. The van der Waals surface area contributed by atoms with E-state index in [1.807, 2.05) is 0 Å². The summed E-state index contributed by atoms with van der Waals surface area (Å²) in [7, 11) is 0. The first-order valence-electron chi connectivity index (χ1n) is 7.35. The number of nitrogens with one attached hydrogen (secondary N) is 2. The van der Waals surface area contributed by atoms with E-state index >= 15 is 0 Å². The quantitative estimate of drug-likeness (QED) is 0.760. The van der Waals surface area contributed by atoms with E-state index in [4.69, 9.17) is 0 Å². The first-order valence-corrected chi connectivity index (χ1v) is 7.35. The molecule has 1 aromatic heterocycles. The molecule has 0 atom stereocenters. The number of rotatable bonds is 4. The SMILES string of the molecule is O=C(NCc1ccccc1C(F)(F)F)c1ccccc1-c1ncn[nH]1. The van der Waals surface area contributed by atoms with Gasteiger partial charge < -0.3 is 5.32 Å². The molecule has 3 rings (SSSR count). The van der Waals surface area contributed by atoms with Gasteiger partial charge in [0.1, 0.15) is 6.33 Å². The van der Waals surface area contributed by atoms with Gasteiger partial charge in [0.25, 0.3) is 5.91 Å². The number of carbonyl (C=O) groups is 1. The van der Waals surface area contributed by atoms with Crippen LogP contribution in [0.1, 0.15) is 21.5 Å². The highest BCUT2D eigenvalue weighted by atomic mass is 19.4. The zero-order chi connectivity index (χ0) is 17.9. The third-order valence-electron chi connectivity index (χ3n) is 3.60. The number of nitrogens with zero attached hydrogens (tertiary/aromatic N) is 2. The average Bonchev–Trinajstić information content (AvgIpc) is 3.13. The minimum Gasteiger partial charge on any atom is -0.348 e. The van der Waals surface area contributed by atoms with Crippen LogP contribution in [0.3, 0.4) is 0 Å². The van der Waals surface area contributed by atoms with Gasteiger partial charge in [-0.15, -0.1) is 0 Å². The lowest BCUT2D eigenvalue weighted by molar-refractivity contribution is -0.138. The summed E-state index contributed by atoms with van der Waals surface area (Å²) in [6.45, 7) is -0.237. The molecule has 128 valence electrons. The minimum absolute atomic E-state index is 0.000460. The Morgan fingerprint density at radius 1 is 1.08 bits per heavy atom. The molecule has 0 spiro atoms. The molecule has 8 heteroatoms. The minimum atomic E-state index is -4.47. The van der Waals surface area contributed by atoms with E-state index in [1.54, 1.807) is 24.3 Å². The number of amides is 1. The van der Waals surface area contributed by atoms with Gasteiger partial charge in [-0.25, -0.2) is 4.98 Å². The maximum atomic E-state index is 13.0. The molecule has 0 saturated carbocycles. The average molecular weight is 346 g/mol. The van der Waals surface area contributed by atoms with Crippen molar-refractivity contribution < 1.29 is 18.0 Å². The van der Waals surface area contributed by atoms with Crippen LogP contribution < -0.4 is 5.32 Å². The third-order valence-corrected chi connectivity index (χ3v) is 3.60. The van der Waals surface area contributed by atoms with Gasteiger partial charge in [0.05, 0.1) is 11.1 Å². The summed E-state index contributed by atoms with van der Waals surface area (Å²) in [5.41, 5.74) is 0.0460. The van der Waals surface area contributed by atoms with Crippen molar-refractivity contribution >= 4 is 5.91 Å². The van der Waals surface area contributed by atoms with Crippen LogP contribution in [0, 0.1) is 0 Å². The second-order valence-electron chi connectivity index (χ2n) is 5.22. The van der Waals surface area contributed by atoms with Crippen molar-refractivity contribution in [2.24, 2.45) is 0 Å². The fourth-order valence-electron chi connectivity index (χ4n) is 2.44. The molecule has 0 aliphatic heterocycles. The number of alkyl halides is 3. The third kappa shape index (κ3) is 3.68. The number of benzene rings is 2. The summed E-state index contributed by atoms with van der Waals surface area (Å²) in [5.74, 6) is -0.0922. The van der Waals surface area contributed by atoms with Crippen LogP contribution in [0.2, 0.25) is 0 Å². The van der Waals surface area contributed by atoms with Gasteiger partial charge in [0.2, 0.25) is 0 Å². The van der Waals surface area contributed by atoms with Crippen molar-refractivity contribution in [3.8, 4) is 11.4 Å². The highest BCUT2D eigenvalue weighted by molar-refractivity contribution is 6.00. The molecule has 0 aliphatic carbocycles. The maximum absolute atomic E-state index is 13.0. The second kappa shape index (κ2) is 6.76. The van der Waals surface area contributed by atoms with Crippen LogP contribution in [0.25, 0.3) is 11.4 Å². The van der Waals surface area contributed by atoms with E-state index in [1.165, 1.54) is 24.5 Å². The molecule has 0 unspecified atom stereocenters. The number of halogens is 3. The van der Waals surface area contributed by atoms with Crippen LogP contribution in [0.4, 0.5) is 13.2 Å². The van der Waals surface area contributed by atoms with Crippen LogP contribution in [-0.2, 0) is 12.7 Å². The summed E-state index contributed by atoms with van der Waals surface area (Å²) in [4.78, 5) is 16.4. The topological polar surface area (TPSA) is 70.7 Å². The van der Waals surface area contributed by atoms with E-state index in [0.29, 0.717) is 17.0 Å². The van der Waals surface area contributed by atoms with Crippen molar-refractivity contribution in [1.29, 1.82) is 0 Å². The van der Waals surface area contributed by atoms with Crippen LogP contribution in [0.5, 0.6) is 0 Å². The summed E-state index contributed by atoms with van der Waals surface area (Å²) < 4.78 is 39.0. The Bertz CT molecular complexity index is 876. The van der Waals surface area contributed by atoms with Crippen molar-refractivity contribution in [2.75, 3.05) is 0 Å². The predicted molar refractivity (Wildman–Crippen MR) is 84.4 cm³/mol. The molecule has 25 heavy (non-hydrogen) atoms. The molecule has 2 aromatic carbocycles. The van der Waals surface area contributed by atoms with Gasteiger partial charge in [0.15, 0.2) is 5.82 Å². The zero-order valence-electron chi connectivity index (χ0n) is 12.8. The van der Waals surface area contributed by atoms with E-state index in [-0.39, 0.29) is 12.1 Å². The molecule has 0 fully saturated rings. The van der Waals surface area contributed by atoms with Crippen LogP contribution >= 0.6 is 0 Å². The number of aromatic amines is 1. The number of H-pyrrole nitrogens is 1. The van der Waals surface area contributed by atoms with Crippen molar-refractivity contribution in [3.05, 3.63) is 71.5 Å². The molecule has 0 bridgehead atoms. The Hall–Kier alpha value is -3.16. The summed E-state index contributed by atoms with van der Waals surface area (Å²) in [5, 5.41) is 8.93. The smallest absolute Gasteiger partial charge is 0.348 e. The van der Waals surface area contributed by atoms with Gasteiger partial charge >= 0.3 is 6.18 Å². The summed E-state index contributed by atoms with van der Waals surface area (Å²) in [6, 6.07) is 11.8. The number of aromatic nitrogens is 3. The van der Waals surface area contributed by atoms with Gasteiger partial charge in [-0.2, -0.15) is 18.3 Å².